The molecular formula is C16H23NO5. The number of methoxy groups -OCH3 is 1. The van der Waals surface area contributed by atoms with Gasteiger partial charge in [0.2, 0.25) is 0 Å². The lowest BCUT2D eigenvalue weighted by atomic mass is 9.43. The minimum atomic E-state index is -2.02. The van der Waals surface area contributed by atoms with Gasteiger partial charge in [-0.1, -0.05) is 13.8 Å². The highest BCUT2D eigenvalue weighted by atomic mass is 16.6. The fraction of sp³-hybridized carbons (Fsp3) is 0.812. The zero-order valence-corrected chi connectivity index (χ0v) is 13.7. The second-order valence-corrected chi connectivity index (χ2v) is 7.66. The first-order valence-corrected chi connectivity index (χ1v) is 7.66. The van der Waals surface area contributed by atoms with E-state index in [1.807, 2.05) is 6.92 Å². The molecule has 122 valence electrons. The minimum absolute atomic E-state index is 0.117. The van der Waals surface area contributed by atoms with E-state index in [4.69, 9.17) is 4.74 Å². The Balaban J connectivity index is 1.98. The van der Waals surface area contributed by atoms with Gasteiger partial charge in [-0.15, -0.1) is 0 Å². The lowest BCUT2D eigenvalue weighted by molar-refractivity contribution is -0.196. The van der Waals surface area contributed by atoms with Crippen LogP contribution < -0.4 is 0 Å². The Morgan fingerprint density at radius 1 is 1.45 bits per heavy atom. The van der Waals surface area contributed by atoms with Crippen molar-refractivity contribution in [3.8, 4) is 0 Å². The SMILES string of the molecule is COC(=O)C(C)(O)C1N=C2C[C@@H]3C[C@@H](C3(C)C)[C@]2(C)OC1=O. The van der Waals surface area contributed by atoms with Crippen LogP contribution >= 0.6 is 0 Å². The van der Waals surface area contributed by atoms with Crippen molar-refractivity contribution in [2.75, 3.05) is 7.11 Å². The fourth-order valence-corrected chi connectivity index (χ4v) is 4.39. The van der Waals surface area contributed by atoms with Crippen LogP contribution in [0, 0.1) is 17.3 Å². The van der Waals surface area contributed by atoms with Crippen molar-refractivity contribution in [1.82, 2.24) is 0 Å². The number of carbonyl (C=O) groups excluding carboxylic acids is 2. The Kier molecular flexibility index (Phi) is 3.03. The average Bonchev–Trinajstić information content (AvgIpc) is 2.43. The number of aliphatic hydroxyl groups is 1. The second kappa shape index (κ2) is 4.31. The summed E-state index contributed by atoms with van der Waals surface area (Å²) in [4.78, 5) is 28.6. The third-order valence-corrected chi connectivity index (χ3v) is 6.10. The van der Waals surface area contributed by atoms with E-state index in [-0.39, 0.29) is 11.3 Å². The van der Waals surface area contributed by atoms with E-state index >= 15 is 0 Å². The fourth-order valence-electron chi connectivity index (χ4n) is 4.39. The monoisotopic (exact) mass is 309 g/mol. The average molecular weight is 309 g/mol. The van der Waals surface area contributed by atoms with E-state index in [0.29, 0.717) is 5.92 Å². The molecule has 1 N–H and O–H groups in total. The number of hydrogen-bond donors (Lipinski definition) is 1. The highest BCUT2D eigenvalue weighted by Gasteiger charge is 2.66. The molecule has 0 aromatic carbocycles. The maximum absolute atomic E-state index is 12.4. The number of rotatable bonds is 2. The molecule has 0 amide bonds. The highest BCUT2D eigenvalue weighted by Crippen LogP contribution is 2.63. The Bertz CT molecular complexity index is 579. The third-order valence-electron chi connectivity index (χ3n) is 6.10. The predicted octanol–water partition coefficient (Wildman–Crippen LogP) is 1.10. The molecular weight excluding hydrogens is 286 g/mol. The third kappa shape index (κ3) is 1.73. The summed E-state index contributed by atoms with van der Waals surface area (Å²) in [6, 6.07) is -1.26. The van der Waals surface area contributed by atoms with Crippen molar-refractivity contribution in [2.45, 2.75) is 57.8 Å². The van der Waals surface area contributed by atoms with E-state index in [1.165, 1.54) is 14.0 Å². The van der Waals surface area contributed by atoms with Gasteiger partial charge in [-0.2, -0.15) is 0 Å². The number of esters is 2. The number of ether oxygens (including phenoxy) is 2. The number of hydrogen-bond acceptors (Lipinski definition) is 6. The quantitative estimate of drug-likeness (QED) is 0.772. The molecule has 6 heteroatoms. The molecule has 2 unspecified atom stereocenters. The lowest BCUT2D eigenvalue weighted by Gasteiger charge is -2.64. The first kappa shape index (κ1) is 15.5. The normalized spacial score (nSPS) is 41.3. The summed E-state index contributed by atoms with van der Waals surface area (Å²) in [5, 5.41) is 10.3. The second-order valence-electron chi connectivity index (χ2n) is 7.66. The van der Waals surface area contributed by atoms with Gasteiger partial charge in [0.05, 0.1) is 12.8 Å². The first-order chi connectivity index (χ1) is 10.0. The van der Waals surface area contributed by atoms with E-state index in [9.17, 15) is 14.7 Å². The summed E-state index contributed by atoms with van der Waals surface area (Å²) >= 11 is 0. The Labute approximate surface area is 129 Å². The summed E-state index contributed by atoms with van der Waals surface area (Å²) in [6.07, 6.45) is 1.76. The van der Waals surface area contributed by atoms with Gasteiger partial charge >= 0.3 is 11.9 Å². The van der Waals surface area contributed by atoms with Crippen molar-refractivity contribution >= 4 is 17.7 Å². The van der Waals surface area contributed by atoms with Crippen LogP contribution in [-0.2, 0) is 19.1 Å². The first-order valence-electron chi connectivity index (χ1n) is 7.66. The van der Waals surface area contributed by atoms with Crippen molar-refractivity contribution in [1.29, 1.82) is 0 Å². The van der Waals surface area contributed by atoms with Crippen molar-refractivity contribution in [2.24, 2.45) is 22.2 Å². The topological polar surface area (TPSA) is 85.2 Å². The molecule has 3 fully saturated rings. The molecule has 6 nitrogen and oxygen atoms in total. The summed E-state index contributed by atoms with van der Waals surface area (Å²) in [5.74, 6) is -0.818. The van der Waals surface area contributed by atoms with Crippen LogP contribution in [0.15, 0.2) is 4.99 Å². The maximum atomic E-state index is 12.4. The van der Waals surface area contributed by atoms with E-state index in [2.05, 4.69) is 23.6 Å². The molecule has 3 saturated carbocycles. The predicted molar refractivity (Wildman–Crippen MR) is 78.4 cm³/mol. The molecule has 1 aliphatic heterocycles. The van der Waals surface area contributed by atoms with Gasteiger partial charge in [-0.25, -0.2) is 9.59 Å². The minimum Gasteiger partial charge on any atom is -0.467 e. The smallest absolute Gasteiger partial charge is 0.340 e. The van der Waals surface area contributed by atoms with Gasteiger partial charge < -0.3 is 14.6 Å². The van der Waals surface area contributed by atoms with Crippen molar-refractivity contribution in [3.63, 3.8) is 0 Å². The zero-order chi connectivity index (χ0) is 16.5. The molecule has 0 radical (unpaired) electrons. The standard InChI is InChI=1S/C16H23NO5/c1-14(2)8-6-9(14)16(4)10(7-8)17-11(12(18)22-16)15(3,20)13(19)21-5/h8-9,11,20H,6-7H2,1-5H3/t8-,9-,11?,15?,16-/m0/s1. The highest BCUT2D eigenvalue weighted by molar-refractivity contribution is 6.02. The van der Waals surface area contributed by atoms with Crippen LogP contribution in [0.1, 0.15) is 40.5 Å². The van der Waals surface area contributed by atoms with Crippen molar-refractivity contribution < 1.29 is 24.2 Å². The Morgan fingerprint density at radius 2 is 2.09 bits per heavy atom. The Morgan fingerprint density at radius 3 is 2.64 bits per heavy atom. The van der Waals surface area contributed by atoms with Gasteiger partial charge in [-0.05, 0) is 38.0 Å². The molecule has 22 heavy (non-hydrogen) atoms. The molecule has 0 aromatic heterocycles. The molecule has 2 bridgehead atoms. The van der Waals surface area contributed by atoms with Crippen LogP contribution in [0.4, 0.5) is 0 Å². The Hall–Kier alpha value is -1.43. The maximum Gasteiger partial charge on any atom is 0.340 e. The molecule has 3 aliphatic carbocycles. The molecule has 1 heterocycles. The summed E-state index contributed by atoms with van der Waals surface area (Å²) in [5.41, 5.74) is -1.84. The number of nitrogens with zero attached hydrogens (tertiary/aromatic N) is 1. The van der Waals surface area contributed by atoms with Gasteiger partial charge in [0, 0.05) is 5.92 Å². The van der Waals surface area contributed by atoms with Crippen LogP contribution in [-0.4, -0.2) is 47.1 Å². The number of carbonyl (C=O) groups is 2. The van der Waals surface area contributed by atoms with Gasteiger partial charge in [0.15, 0.2) is 17.2 Å². The zero-order valence-electron chi connectivity index (χ0n) is 13.7. The molecule has 5 atom stereocenters. The van der Waals surface area contributed by atoms with Crippen LogP contribution in [0.2, 0.25) is 0 Å². The van der Waals surface area contributed by atoms with Crippen LogP contribution in [0.5, 0.6) is 0 Å². The van der Waals surface area contributed by atoms with Crippen LogP contribution in [0.3, 0.4) is 0 Å². The summed E-state index contributed by atoms with van der Waals surface area (Å²) < 4.78 is 10.3. The van der Waals surface area contributed by atoms with Gasteiger partial charge in [0.1, 0.15) is 0 Å². The van der Waals surface area contributed by atoms with Gasteiger partial charge in [0.25, 0.3) is 0 Å². The van der Waals surface area contributed by atoms with Gasteiger partial charge in [-0.3, -0.25) is 4.99 Å². The molecule has 0 spiro atoms. The van der Waals surface area contributed by atoms with E-state index in [1.54, 1.807) is 0 Å². The number of aliphatic imine (C=N–C) groups is 1. The molecule has 4 rings (SSSR count). The summed E-state index contributed by atoms with van der Waals surface area (Å²) in [7, 11) is 1.17. The largest absolute Gasteiger partial charge is 0.467 e. The van der Waals surface area contributed by atoms with Crippen molar-refractivity contribution in [3.05, 3.63) is 0 Å². The van der Waals surface area contributed by atoms with E-state index < -0.39 is 29.2 Å². The lowest BCUT2D eigenvalue weighted by Crippen LogP contribution is -2.69. The molecule has 0 saturated heterocycles. The summed E-state index contributed by atoms with van der Waals surface area (Å²) in [6.45, 7) is 7.52. The van der Waals surface area contributed by atoms with E-state index in [0.717, 1.165) is 18.6 Å². The van der Waals surface area contributed by atoms with Crippen LogP contribution in [0.25, 0.3) is 0 Å². The molecule has 4 aliphatic rings. The molecule has 0 aromatic rings.